The third-order valence-corrected chi connectivity index (χ3v) is 6.59. The normalized spacial score (nSPS) is 19.4. The molecule has 0 N–H and O–H groups in total. The van der Waals surface area contributed by atoms with Crippen LogP contribution in [-0.2, 0) is 10.9 Å². The number of hydrogen-bond acceptors (Lipinski definition) is 0. The first-order valence-corrected chi connectivity index (χ1v) is 9.19. The summed E-state index contributed by atoms with van der Waals surface area (Å²) in [5, 5.41) is 0. The summed E-state index contributed by atoms with van der Waals surface area (Å²) < 4.78 is 184. The molecule has 0 spiro atoms. The van der Waals surface area contributed by atoms with Gasteiger partial charge in [0.05, 0.1) is 0 Å². The molecule has 0 aromatic heterocycles. The van der Waals surface area contributed by atoms with Gasteiger partial charge in [-0.3, -0.25) is 0 Å². The van der Waals surface area contributed by atoms with Gasteiger partial charge in [0, 0.05) is 0 Å². The Morgan fingerprint density at radius 2 is 0.964 bits per heavy atom. The summed E-state index contributed by atoms with van der Waals surface area (Å²) >= 11 is 0. The number of halogens is 14. The lowest BCUT2D eigenvalue weighted by molar-refractivity contribution is -0.430. The molecular formula is C13H13F14S+. The van der Waals surface area contributed by atoms with E-state index in [1.807, 2.05) is 0 Å². The lowest BCUT2D eigenvalue weighted by Crippen LogP contribution is -2.72. The Morgan fingerprint density at radius 3 is 1.36 bits per heavy atom. The Morgan fingerprint density at radius 1 is 0.571 bits per heavy atom. The molecular weight excluding hydrogens is 454 g/mol. The monoisotopic (exact) mass is 467 g/mol. The summed E-state index contributed by atoms with van der Waals surface area (Å²) in [5.74, 6) is -46.2. The molecule has 0 atom stereocenters. The molecule has 1 aliphatic heterocycles. The molecule has 1 heterocycles. The minimum absolute atomic E-state index is 0.132. The van der Waals surface area contributed by atoms with Crippen LogP contribution in [0.25, 0.3) is 0 Å². The maximum Gasteiger partial charge on any atom is 0.384 e. The van der Waals surface area contributed by atoms with Gasteiger partial charge in [-0.1, -0.05) is 0 Å². The van der Waals surface area contributed by atoms with E-state index in [4.69, 9.17) is 0 Å². The smallest absolute Gasteiger partial charge is 0.203 e. The lowest BCUT2D eigenvalue weighted by Gasteiger charge is -2.40. The van der Waals surface area contributed by atoms with Crippen LogP contribution in [-0.4, -0.2) is 59.2 Å². The topological polar surface area (TPSA) is 0 Å². The third-order valence-electron chi connectivity index (χ3n) is 4.09. The van der Waals surface area contributed by atoms with E-state index in [0.717, 1.165) is 0 Å². The molecule has 0 aromatic carbocycles. The van der Waals surface area contributed by atoms with E-state index in [1.54, 1.807) is 0 Å². The van der Waals surface area contributed by atoms with Crippen molar-refractivity contribution in [2.24, 2.45) is 0 Å². The number of alkyl halides is 14. The Hall–Kier alpha value is -0.630. The van der Waals surface area contributed by atoms with E-state index in [2.05, 4.69) is 0 Å². The molecule has 0 amide bonds. The van der Waals surface area contributed by atoms with Crippen LogP contribution >= 0.6 is 0 Å². The second kappa shape index (κ2) is 7.56. The second-order valence-corrected chi connectivity index (χ2v) is 8.48. The molecule has 0 nitrogen and oxygen atoms in total. The van der Waals surface area contributed by atoms with Gasteiger partial charge in [-0.15, -0.1) is 0 Å². The summed E-state index contributed by atoms with van der Waals surface area (Å²) in [6.07, 6.45) is -4.66. The van der Waals surface area contributed by atoms with Crippen LogP contribution in [0.15, 0.2) is 0 Å². The van der Waals surface area contributed by atoms with E-state index < -0.39 is 58.6 Å². The summed E-state index contributed by atoms with van der Waals surface area (Å²) in [5.41, 5.74) is 0. The van der Waals surface area contributed by atoms with Gasteiger partial charge in [-0.25, -0.2) is 8.78 Å². The first kappa shape index (κ1) is 25.4. The molecule has 1 saturated heterocycles. The van der Waals surface area contributed by atoms with Crippen LogP contribution in [0, 0.1) is 0 Å². The van der Waals surface area contributed by atoms with Crippen molar-refractivity contribution in [2.75, 3.05) is 17.3 Å². The first-order valence-electron chi connectivity index (χ1n) is 7.46. The minimum Gasteiger partial charge on any atom is -0.203 e. The predicted octanol–water partition coefficient (Wildman–Crippen LogP) is 5.87. The molecule has 0 radical (unpaired) electrons. The maximum absolute atomic E-state index is 13.7. The van der Waals surface area contributed by atoms with Gasteiger partial charge in [0.1, 0.15) is 11.5 Å². The van der Waals surface area contributed by atoms with Crippen LogP contribution in [0.1, 0.15) is 19.3 Å². The van der Waals surface area contributed by atoms with Crippen molar-refractivity contribution in [1.29, 1.82) is 0 Å². The molecule has 1 aliphatic rings. The average molecular weight is 467 g/mol. The van der Waals surface area contributed by atoms with Crippen molar-refractivity contribution in [3.8, 4) is 0 Å². The molecule has 0 unspecified atom stereocenters. The van der Waals surface area contributed by atoms with Gasteiger partial charge < -0.3 is 0 Å². The summed E-state index contributed by atoms with van der Waals surface area (Å²) in [4.78, 5) is 0. The number of hydrogen-bond donors (Lipinski definition) is 0. The molecule has 168 valence electrons. The fourth-order valence-electron chi connectivity index (χ4n) is 2.35. The molecule has 28 heavy (non-hydrogen) atoms. The van der Waals surface area contributed by atoms with Crippen molar-refractivity contribution in [3.63, 3.8) is 0 Å². The molecule has 0 saturated carbocycles. The van der Waals surface area contributed by atoms with E-state index in [1.165, 1.54) is 0 Å². The van der Waals surface area contributed by atoms with Crippen molar-refractivity contribution in [2.45, 2.75) is 61.2 Å². The van der Waals surface area contributed by atoms with Crippen LogP contribution < -0.4 is 0 Å². The van der Waals surface area contributed by atoms with Crippen molar-refractivity contribution >= 4 is 10.9 Å². The van der Waals surface area contributed by atoms with E-state index in [-0.39, 0.29) is 24.3 Å². The Labute approximate surface area is 152 Å². The zero-order valence-corrected chi connectivity index (χ0v) is 14.3. The van der Waals surface area contributed by atoms with Crippen LogP contribution in [0.4, 0.5) is 61.5 Å². The van der Waals surface area contributed by atoms with Crippen LogP contribution in [0.5, 0.6) is 0 Å². The predicted molar refractivity (Wildman–Crippen MR) is 71.5 cm³/mol. The lowest BCUT2D eigenvalue weighted by atomic mass is 9.92. The van der Waals surface area contributed by atoms with Gasteiger partial charge in [0.25, 0.3) is 0 Å². The van der Waals surface area contributed by atoms with Gasteiger partial charge in [-0.2, -0.15) is 52.7 Å². The van der Waals surface area contributed by atoms with Gasteiger partial charge in [0.2, 0.25) is 0 Å². The molecule has 0 aliphatic carbocycles. The second-order valence-electron chi connectivity index (χ2n) is 6.15. The SMILES string of the molecule is FC(F)C(F)(F)C(F)(F)C(F)(F)C(F)(F)C(F)(F)C(F)(F)C[S+]1CCCCC1. The minimum atomic E-state index is -7.93. The van der Waals surface area contributed by atoms with Gasteiger partial charge in [-0.05, 0) is 30.2 Å². The zero-order chi connectivity index (χ0) is 22.4. The summed E-state index contributed by atoms with van der Waals surface area (Å²) in [6, 6.07) is 0. The van der Waals surface area contributed by atoms with Crippen LogP contribution in [0.3, 0.4) is 0 Å². The fourth-order valence-corrected chi connectivity index (χ4v) is 4.76. The first-order chi connectivity index (χ1) is 12.3. The molecule has 0 bridgehead atoms. The molecule has 1 rings (SSSR count). The van der Waals surface area contributed by atoms with E-state index in [9.17, 15) is 61.5 Å². The standard InChI is InChI=1S/C13H13F14S/c14-7(15)9(18,19)11(22,23)13(26,27)12(24,25)10(20,21)8(16,17)6-28-4-2-1-3-5-28/h7H,1-6H2/q+1. The van der Waals surface area contributed by atoms with Gasteiger partial charge in [0.15, 0.2) is 5.75 Å². The highest BCUT2D eigenvalue weighted by Gasteiger charge is 2.91. The number of rotatable bonds is 8. The highest BCUT2D eigenvalue weighted by molar-refractivity contribution is 7.96. The largest absolute Gasteiger partial charge is 0.384 e. The Balaban J connectivity index is 3.31. The third kappa shape index (κ3) is 3.75. The van der Waals surface area contributed by atoms with E-state index >= 15 is 0 Å². The molecule has 0 aromatic rings. The summed E-state index contributed by atoms with van der Waals surface area (Å²) in [7, 11) is -1.63. The highest BCUT2D eigenvalue weighted by Crippen LogP contribution is 2.61. The van der Waals surface area contributed by atoms with Crippen molar-refractivity contribution in [1.82, 2.24) is 0 Å². The quantitative estimate of drug-likeness (QED) is 0.310. The molecule has 1 fully saturated rings. The molecule has 15 heteroatoms. The van der Waals surface area contributed by atoms with Crippen LogP contribution in [0.2, 0.25) is 0 Å². The van der Waals surface area contributed by atoms with Crippen molar-refractivity contribution in [3.05, 3.63) is 0 Å². The highest BCUT2D eigenvalue weighted by atomic mass is 32.2. The van der Waals surface area contributed by atoms with Gasteiger partial charge >= 0.3 is 42.0 Å². The summed E-state index contributed by atoms with van der Waals surface area (Å²) in [6.45, 7) is 0. The Bertz CT molecular complexity index is 537. The Kier molecular flexibility index (Phi) is 6.86. The average Bonchev–Trinajstić information content (AvgIpc) is 2.54. The van der Waals surface area contributed by atoms with E-state index in [0.29, 0.717) is 6.42 Å². The maximum atomic E-state index is 13.7. The van der Waals surface area contributed by atoms with Crippen molar-refractivity contribution < 1.29 is 61.5 Å². The zero-order valence-electron chi connectivity index (χ0n) is 13.5. The fraction of sp³-hybridized carbons (Fsp3) is 1.00.